The molecule has 6 nitrogen and oxygen atoms in total. The lowest BCUT2D eigenvalue weighted by molar-refractivity contribution is -0.384. The Hall–Kier alpha value is -2.41. The molecule has 0 fully saturated rings. The Kier molecular flexibility index (Phi) is 4.89. The molecule has 0 aliphatic carbocycles. The van der Waals surface area contributed by atoms with Gasteiger partial charge in [-0.05, 0) is 42.0 Å². The Morgan fingerprint density at radius 2 is 1.76 bits per heavy atom. The van der Waals surface area contributed by atoms with E-state index in [1.54, 1.807) is 36.4 Å². The predicted molar refractivity (Wildman–Crippen MR) is 81.0 cm³/mol. The minimum atomic E-state index is -0.587. The molecule has 0 aliphatic heterocycles. The average molecular weight is 351 g/mol. The molecule has 0 unspecified atom stereocenters. The summed E-state index contributed by atoms with van der Waals surface area (Å²) in [6, 6.07) is 12.9. The summed E-state index contributed by atoms with van der Waals surface area (Å²) in [5.74, 6) is 0. The van der Waals surface area contributed by atoms with Gasteiger partial charge < -0.3 is 4.74 Å². The first-order valence-corrected chi connectivity index (χ1v) is 6.76. The van der Waals surface area contributed by atoms with E-state index in [-0.39, 0.29) is 12.3 Å². The molecule has 0 spiro atoms. The Bertz CT molecular complexity index is 641. The zero-order valence-corrected chi connectivity index (χ0v) is 12.4. The van der Waals surface area contributed by atoms with Crippen LogP contribution in [0.2, 0.25) is 0 Å². The molecule has 7 heteroatoms. The van der Waals surface area contributed by atoms with E-state index < -0.39 is 11.0 Å². The lowest BCUT2D eigenvalue weighted by atomic mass is 10.2. The summed E-state index contributed by atoms with van der Waals surface area (Å²) in [5, 5.41) is 13.1. The van der Waals surface area contributed by atoms with Crippen LogP contribution in [0.15, 0.2) is 53.0 Å². The molecule has 0 bridgehead atoms. The maximum Gasteiger partial charge on any atom is 0.411 e. The van der Waals surface area contributed by atoms with Crippen molar-refractivity contribution in [2.24, 2.45) is 0 Å². The van der Waals surface area contributed by atoms with Crippen molar-refractivity contribution in [2.75, 3.05) is 5.32 Å². The second kappa shape index (κ2) is 6.85. The smallest absolute Gasteiger partial charge is 0.411 e. The summed E-state index contributed by atoms with van der Waals surface area (Å²) < 4.78 is 5.94. The summed E-state index contributed by atoms with van der Waals surface area (Å²) in [6.45, 7) is 0.0420. The molecule has 1 amide bonds. The van der Waals surface area contributed by atoms with Crippen LogP contribution in [-0.2, 0) is 11.3 Å². The van der Waals surface area contributed by atoms with Crippen molar-refractivity contribution >= 4 is 33.4 Å². The molecule has 1 N–H and O–H groups in total. The number of ether oxygens (including phenoxy) is 1. The number of nitrogens with zero attached hydrogens (tertiary/aromatic N) is 1. The van der Waals surface area contributed by atoms with E-state index in [9.17, 15) is 14.9 Å². The molecule has 0 radical (unpaired) electrons. The molecule has 2 aromatic carbocycles. The number of rotatable bonds is 4. The second-order valence-corrected chi connectivity index (χ2v) is 5.05. The van der Waals surface area contributed by atoms with Crippen molar-refractivity contribution in [2.45, 2.75) is 6.61 Å². The minimum Gasteiger partial charge on any atom is -0.444 e. The number of hydrogen-bond acceptors (Lipinski definition) is 4. The summed E-state index contributed by atoms with van der Waals surface area (Å²) in [4.78, 5) is 21.6. The molecule has 0 atom stereocenters. The monoisotopic (exact) mass is 350 g/mol. The largest absolute Gasteiger partial charge is 0.444 e. The Labute approximate surface area is 129 Å². The van der Waals surface area contributed by atoms with Crippen molar-refractivity contribution in [3.8, 4) is 0 Å². The minimum absolute atomic E-state index is 0.00179. The van der Waals surface area contributed by atoms with Crippen molar-refractivity contribution in [1.82, 2.24) is 0 Å². The van der Waals surface area contributed by atoms with E-state index in [1.165, 1.54) is 12.1 Å². The van der Waals surface area contributed by atoms with Crippen LogP contribution in [0, 0.1) is 10.1 Å². The Balaban J connectivity index is 1.86. The van der Waals surface area contributed by atoms with Gasteiger partial charge in [-0.3, -0.25) is 15.4 Å². The molecule has 21 heavy (non-hydrogen) atoms. The summed E-state index contributed by atoms with van der Waals surface area (Å²) in [6.07, 6.45) is -0.587. The zero-order chi connectivity index (χ0) is 15.2. The van der Waals surface area contributed by atoms with Crippen LogP contribution in [0.1, 0.15) is 5.56 Å². The number of anilines is 1. The molecule has 2 rings (SSSR count). The number of non-ortho nitro benzene ring substituents is 1. The number of nitro groups is 1. The van der Waals surface area contributed by atoms with Gasteiger partial charge in [0.05, 0.1) is 4.92 Å². The standard InChI is InChI=1S/C14H11BrN2O4/c15-11-3-5-12(6-4-11)16-14(18)21-9-10-1-7-13(8-2-10)17(19)20/h1-8H,9H2,(H,16,18). The van der Waals surface area contributed by atoms with Crippen molar-refractivity contribution in [3.05, 3.63) is 68.7 Å². The Morgan fingerprint density at radius 3 is 2.33 bits per heavy atom. The number of halogens is 1. The fraction of sp³-hybridized carbons (Fsp3) is 0.0714. The summed E-state index contributed by atoms with van der Waals surface area (Å²) in [5.41, 5.74) is 1.29. The van der Waals surface area contributed by atoms with Crippen LogP contribution in [-0.4, -0.2) is 11.0 Å². The van der Waals surface area contributed by atoms with Crippen molar-refractivity contribution < 1.29 is 14.5 Å². The number of nitro benzene ring substituents is 1. The first-order chi connectivity index (χ1) is 10.0. The van der Waals surface area contributed by atoms with E-state index in [0.717, 1.165) is 4.47 Å². The number of amides is 1. The van der Waals surface area contributed by atoms with Crippen LogP contribution in [0.3, 0.4) is 0 Å². The molecule has 108 valence electrons. The molecular weight excluding hydrogens is 340 g/mol. The van der Waals surface area contributed by atoms with E-state index >= 15 is 0 Å². The molecule has 0 heterocycles. The topological polar surface area (TPSA) is 81.5 Å². The van der Waals surface area contributed by atoms with E-state index in [1.807, 2.05) is 0 Å². The van der Waals surface area contributed by atoms with Gasteiger partial charge in [0.2, 0.25) is 0 Å². The van der Waals surface area contributed by atoms with Crippen molar-refractivity contribution in [3.63, 3.8) is 0 Å². The van der Waals surface area contributed by atoms with E-state index in [0.29, 0.717) is 11.3 Å². The lowest BCUT2D eigenvalue weighted by Crippen LogP contribution is -2.13. The van der Waals surface area contributed by atoms with Gasteiger partial charge >= 0.3 is 6.09 Å². The third-order valence-corrected chi connectivity index (χ3v) is 3.14. The normalized spacial score (nSPS) is 9.95. The third-order valence-electron chi connectivity index (χ3n) is 2.61. The first kappa shape index (κ1) is 15.0. The Morgan fingerprint density at radius 1 is 1.14 bits per heavy atom. The molecule has 0 saturated heterocycles. The number of nitrogens with one attached hydrogen (secondary N) is 1. The van der Waals surface area contributed by atoms with Crippen LogP contribution in [0.4, 0.5) is 16.2 Å². The van der Waals surface area contributed by atoms with E-state index in [4.69, 9.17) is 4.74 Å². The molecule has 0 aliphatic rings. The van der Waals surface area contributed by atoms with E-state index in [2.05, 4.69) is 21.2 Å². The number of carbonyl (C=O) groups is 1. The fourth-order valence-corrected chi connectivity index (χ4v) is 1.81. The molecular formula is C14H11BrN2O4. The highest BCUT2D eigenvalue weighted by atomic mass is 79.9. The quantitative estimate of drug-likeness (QED) is 0.664. The highest BCUT2D eigenvalue weighted by Gasteiger charge is 2.06. The fourth-order valence-electron chi connectivity index (χ4n) is 1.55. The zero-order valence-electron chi connectivity index (χ0n) is 10.8. The predicted octanol–water partition coefficient (Wildman–Crippen LogP) is 4.11. The van der Waals surface area contributed by atoms with Crippen molar-refractivity contribution in [1.29, 1.82) is 0 Å². The maximum absolute atomic E-state index is 11.6. The van der Waals surface area contributed by atoms with Crippen LogP contribution >= 0.6 is 15.9 Å². The summed E-state index contributed by atoms with van der Waals surface area (Å²) >= 11 is 3.30. The van der Waals surface area contributed by atoms with Gasteiger partial charge in [-0.15, -0.1) is 0 Å². The van der Waals surface area contributed by atoms with Crippen LogP contribution < -0.4 is 5.32 Å². The SMILES string of the molecule is O=C(Nc1ccc(Br)cc1)OCc1ccc([N+](=O)[O-])cc1. The van der Waals surface area contributed by atoms with Gasteiger partial charge in [0, 0.05) is 22.3 Å². The highest BCUT2D eigenvalue weighted by Crippen LogP contribution is 2.15. The highest BCUT2D eigenvalue weighted by molar-refractivity contribution is 9.10. The number of carbonyl (C=O) groups excluding carboxylic acids is 1. The number of hydrogen-bond donors (Lipinski definition) is 1. The van der Waals surface area contributed by atoms with Crippen LogP contribution in [0.25, 0.3) is 0 Å². The maximum atomic E-state index is 11.6. The van der Waals surface area contributed by atoms with Gasteiger partial charge in [0.25, 0.3) is 5.69 Å². The first-order valence-electron chi connectivity index (χ1n) is 5.97. The molecule has 0 saturated carbocycles. The summed E-state index contributed by atoms with van der Waals surface area (Å²) in [7, 11) is 0. The third kappa shape index (κ3) is 4.57. The van der Waals surface area contributed by atoms with Crippen LogP contribution in [0.5, 0.6) is 0 Å². The number of benzene rings is 2. The van der Waals surface area contributed by atoms with Gasteiger partial charge in [-0.1, -0.05) is 15.9 Å². The van der Waals surface area contributed by atoms with Gasteiger partial charge in [0.15, 0.2) is 0 Å². The van der Waals surface area contributed by atoms with Gasteiger partial charge in [-0.2, -0.15) is 0 Å². The molecule has 0 aromatic heterocycles. The lowest BCUT2D eigenvalue weighted by Gasteiger charge is -2.07. The second-order valence-electron chi connectivity index (χ2n) is 4.13. The van der Waals surface area contributed by atoms with Gasteiger partial charge in [0.1, 0.15) is 6.61 Å². The molecule has 2 aromatic rings. The van der Waals surface area contributed by atoms with Gasteiger partial charge in [-0.25, -0.2) is 4.79 Å². The average Bonchev–Trinajstić information content (AvgIpc) is 2.48.